The van der Waals surface area contributed by atoms with E-state index in [1.807, 2.05) is 23.5 Å². The Morgan fingerprint density at radius 2 is 1.35 bits per heavy atom. The summed E-state index contributed by atoms with van der Waals surface area (Å²) in [7, 11) is 0. The summed E-state index contributed by atoms with van der Waals surface area (Å²) in [5.74, 6) is 0.478. The molecular weight excluding hydrogens is 521 g/mol. The van der Waals surface area contributed by atoms with E-state index in [2.05, 4.69) is 129 Å². The molecule has 0 nitrogen and oxygen atoms in total. The van der Waals surface area contributed by atoms with Gasteiger partial charge in [0.15, 0.2) is 0 Å². The zero-order valence-electron chi connectivity index (χ0n) is 22.7. The highest BCUT2D eigenvalue weighted by atomic mass is 32.2. The fourth-order valence-electron chi connectivity index (χ4n) is 6.90. The first-order valence-corrected chi connectivity index (χ1v) is 15.9. The molecule has 0 radical (unpaired) electrons. The molecule has 2 heteroatoms. The van der Waals surface area contributed by atoms with E-state index in [1.54, 1.807) is 0 Å². The van der Waals surface area contributed by atoms with Crippen LogP contribution in [0.5, 0.6) is 0 Å². The third kappa shape index (κ3) is 3.84. The van der Waals surface area contributed by atoms with E-state index in [9.17, 15) is 0 Å². The number of thioether (sulfide) groups is 2. The molecule has 8 rings (SSSR count). The van der Waals surface area contributed by atoms with Gasteiger partial charge in [0.2, 0.25) is 0 Å². The fraction of sp³-hybridized carbons (Fsp3) is 0.158. The van der Waals surface area contributed by atoms with E-state index in [0.717, 1.165) is 6.42 Å². The summed E-state index contributed by atoms with van der Waals surface area (Å²) in [5.41, 5.74) is 9.93. The summed E-state index contributed by atoms with van der Waals surface area (Å²) in [6, 6.07) is 31.8. The molecule has 3 unspecified atom stereocenters. The minimum atomic E-state index is 0.435. The Hall–Kier alpha value is -3.46. The Morgan fingerprint density at radius 1 is 0.675 bits per heavy atom. The number of hydrogen-bond donors (Lipinski definition) is 0. The number of allylic oxidation sites excluding steroid dienone is 4. The van der Waals surface area contributed by atoms with Gasteiger partial charge in [-0.15, -0.1) is 23.5 Å². The van der Waals surface area contributed by atoms with E-state index in [1.165, 1.54) is 70.3 Å². The lowest BCUT2D eigenvalue weighted by atomic mass is 9.83. The maximum atomic E-state index is 2.49. The Morgan fingerprint density at radius 3 is 2.12 bits per heavy atom. The van der Waals surface area contributed by atoms with Gasteiger partial charge in [0.1, 0.15) is 0 Å². The zero-order valence-corrected chi connectivity index (χ0v) is 24.4. The molecule has 0 saturated heterocycles. The molecule has 40 heavy (non-hydrogen) atoms. The van der Waals surface area contributed by atoms with Crippen LogP contribution in [0.4, 0.5) is 0 Å². The fourth-order valence-corrected chi connectivity index (χ4v) is 9.66. The van der Waals surface area contributed by atoms with Crippen molar-refractivity contribution in [2.24, 2.45) is 5.92 Å². The first-order chi connectivity index (χ1) is 19.7. The quantitative estimate of drug-likeness (QED) is 0.219. The van der Waals surface area contributed by atoms with E-state index in [4.69, 9.17) is 0 Å². The van der Waals surface area contributed by atoms with Gasteiger partial charge < -0.3 is 0 Å². The predicted molar refractivity (Wildman–Crippen MR) is 176 cm³/mol. The third-order valence-electron chi connectivity index (χ3n) is 8.90. The predicted octanol–water partition coefficient (Wildman–Crippen LogP) is 10.9. The molecule has 3 aliphatic rings. The second-order valence-electron chi connectivity index (χ2n) is 11.2. The van der Waals surface area contributed by atoms with Crippen LogP contribution in [0.15, 0.2) is 120 Å². The van der Waals surface area contributed by atoms with Gasteiger partial charge in [0.05, 0.1) is 0 Å². The molecule has 0 amide bonds. The molecule has 0 aromatic heterocycles. The van der Waals surface area contributed by atoms with Gasteiger partial charge in [-0.1, -0.05) is 97.1 Å². The van der Waals surface area contributed by atoms with Gasteiger partial charge in [-0.3, -0.25) is 0 Å². The molecule has 1 aliphatic carbocycles. The molecule has 2 aliphatic heterocycles. The Labute approximate surface area is 244 Å². The maximum absolute atomic E-state index is 2.49. The van der Waals surface area contributed by atoms with E-state index in [-0.39, 0.29) is 0 Å². The minimum Gasteiger partial charge on any atom is -0.117 e. The monoisotopic (exact) mass is 550 g/mol. The van der Waals surface area contributed by atoms with Crippen molar-refractivity contribution in [3.8, 4) is 11.1 Å². The van der Waals surface area contributed by atoms with Crippen LogP contribution < -0.4 is 0 Å². The Bertz CT molecular complexity index is 1900. The molecular formula is C38H30S2. The molecule has 3 atom stereocenters. The number of hydrogen-bond acceptors (Lipinski definition) is 2. The van der Waals surface area contributed by atoms with Crippen LogP contribution in [-0.4, -0.2) is 5.25 Å². The summed E-state index contributed by atoms with van der Waals surface area (Å²) < 4.78 is 0. The molecule has 0 bridgehead atoms. The number of fused-ring (bicyclic) bond motifs is 4. The summed E-state index contributed by atoms with van der Waals surface area (Å²) in [4.78, 5) is 2.84. The van der Waals surface area contributed by atoms with E-state index < -0.39 is 0 Å². The van der Waals surface area contributed by atoms with Crippen molar-refractivity contribution in [1.29, 1.82) is 0 Å². The van der Waals surface area contributed by atoms with Crippen LogP contribution in [0.3, 0.4) is 0 Å². The van der Waals surface area contributed by atoms with Gasteiger partial charge >= 0.3 is 0 Å². The van der Waals surface area contributed by atoms with Crippen LogP contribution in [0.25, 0.3) is 37.6 Å². The standard InChI is InChI=1S/C38H30S2/c1-23-31(35-21-27-13-5-9-17-33(27)39-35)19-25-11-3-7-15-29(25)37(23)38-24(2)32(20-26-12-4-8-16-30(26)38)36-22-28-14-6-10-18-34(28)40-36/h3-21,27,33,36H,22H2,1-2H3. The van der Waals surface area contributed by atoms with Crippen molar-refractivity contribution < 1.29 is 0 Å². The molecule has 0 spiro atoms. The molecule has 0 fully saturated rings. The number of rotatable bonds is 3. The first kappa shape index (κ1) is 24.3. The van der Waals surface area contributed by atoms with E-state index in [0.29, 0.717) is 16.4 Å². The minimum absolute atomic E-state index is 0.435. The molecule has 0 N–H and O–H groups in total. The van der Waals surface area contributed by atoms with Gasteiger partial charge in [-0.05, 0) is 99.0 Å². The lowest BCUT2D eigenvalue weighted by Crippen LogP contribution is -2.07. The van der Waals surface area contributed by atoms with Gasteiger partial charge in [0.25, 0.3) is 0 Å². The van der Waals surface area contributed by atoms with Crippen LogP contribution >= 0.6 is 23.5 Å². The van der Waals surface area contributed by atoms with Crippen LogP contribution in [0.1, 0.15) is 33.1 Å². The normalized spacial score (nSPS) is 21.1. The summed E-state index contributed by atoms with van der Waals surface area (Å²) in [5, 5.41) is 6.28. The third-order valence-corrected chi connectivity index (χ3v) is 11.6. The van der Waals surface area contributed by atoms with Crippen molar-refractivity contribution in [2.45, 2.75) is 35.7 Å². The number of benzene rings is 5. The van der Waals surface area contributed by atoms with Gasteiger partial charge in [-0.2, -0.15) is 0 Å². The highest BCUT2D eigenvalue weighted by Gasteiger charge is 2.30. The largest absolute Gasteiger partial charge is 0.117 e. The Balaban J connectivity index is 1.38. The summed E-state index contributed by atoms with van der Waals surface area (Å²) in [6.45, 7) is 4.72. The Kier molecular flexibility index (Phi) is 5.83. The smallest absolute Gasteiger partial charge is 0.0388 e. The molecule has 5 aromatic carbocycles. The van der Waals surface area contributed by atoms with Crippen molar-refractivity contribution in [3.05, 3.63) is 143 Å². The highest BCUT2D eigenvalue weighted by molar-refractivity contribution is 8.09. The van der Waals surface area contributed by atoms with Crippen LogP contribution in [-0.2, 0) is 6.42 Å². The first-order valence-electron chi connectivity index (χ1n) is 14.2. The second-order valence-corrected chi connectivity index (χ2v) is 13.7. The molecule has 2 heterocycles. The van der Waals surface area contributed by atoms with Crippen molar-refractivity contribution in [3.63, 3.8) is 0 Å². The maximum Gasteiger partial charge on any atom is 0.0388 e. The second kappa shape index (κ2) is 9.58. The summed E-state index contributed by atoms with van der Waals surface area (Å²) >= 11 is 4.05. The van der Waals surface area contributed by atoms with Crippen molar-refractivity contribution >= 4 is 50.0 Å². The topological polar surface area (TPSA) is 0 Å². The average molecular weight is 551 g/mol. The van der Waals surface area contributed by atoms with Crippen LogP contribution in [0.2, 0.25) is 0 Å². The summed E-state index contributed by atoms with van der Waals surface area (Å²) in [6.07, 6.45) is 12.7. The molecule has 0 saturated carbocycles. The van der Waals surface area contributed by atoms with Gasteiger partial charge in [0, 0.05) is 26.2 Å². The van der Waals surface area contributed by atoms with E-state index >= 15 is 0 Å². The molecule has 194 valence electrons. The zero-order chi connectivity index (χ0) is 26.8. The van der Waals surface area contributed by atoms with Crippen molar-refractivity contribution in [2.75, 3.05) is 0 Å². The van der Waals surface area contributed by atoms with Crippen LogP contribution in [0, 0.1) is 19.8 Å². The molecule has 5 aromatic rings. The highest BCUT2D eigenvalue weighted by Crippen LogP contribution is 2.52. The lowest BCUT2D eigenvalue weighted by molar-refractivity contribution is 0.857. The SMILES string of the molecule is Cc1c(C2=CC3C=CC=CC3S2)cc2ccccc2c1-c1c(C)c(C2Cc3ccccc3S2)cc2ccccc12. The lowest BCUT2D eigenvalue weighted by Gasteiger charge is -2.23. The average Bonchev–Trinajstić information content (AvgIpc) is 3.62. The van der Waals surface area contributed by atoms with Crippen molar-refractivity contribution in [1.82, 2.24) is 0 Å². The van der Waals surface area contributed by atoms with Gasteiger partial charge in [-0.25, -0.2) is 0 Å².